The number of nitrogens with zero attached hydrogens (tertiary/aromatic N) is 5. The second kappa shape index (κ2) is 4.80. The molecule has 0 radical (unpaired) electrons. The van der Waals surface area contributed by atoms with E-state index in [-0.39, 0.29) is 0 Å². The molecule has 0 N–H and O–H groups in total. The molecule has 4 rings (SSSR count). The Kier molecular flexibility index (Phi) is 2.79. The fourth-order valence-electron chi connectivity index (χ4n) is 2.61. The maximum absolute atomic E-state index is 4.64. The van der Waals surface area contributed by atoms with Gasteiger partial charge in [0.2, 0.25) is 0 Å². The quantitative estimate of drug-likeness (QED) is 0.537. The second-order valence-corrected chi connectivity index (χ2v) is 5.15. The molecule has 0 atom stereocenters. The van der Waals surface area contributed by atoms with Gasteiger partial charge in [-0.1, -0.05) is 18.2 Å². The van der Waals surface area contributed by atoms with E-state index in [9.17, 15) is 0 Å². The Morgan fingerprint density at radius 3 is 2.64 bits per heavy atom. The van der Waals surface area contributed by atoms with E-state index in [0.717, 1.165) is 33.4 Å². The zero-order chi connectivity index (χ0) is 15.1. The molecule has 1 aromatic carbocycles. The summed E-state index contributed by atoms with van der Waals surface area (Å²) in [5.74, 6) is 1.44. The number of aryl methyl sites for hydroxylation is 2. The fourth-order valence-corrected chi connectivity index (χ4v) is 2.61. The fraction of sp³-hybridized carbons (Fsp3) is 0.118. The zero-order valence-corrected chi connectivity index (χ0v) is 12.3. The van der Waals surface area contributed by atoms with Gasteiger partial charge in [-0.3, -0.25) is 0 Å². The van der Waals surface area contributed by atoms with E-state index >= 15 is 0 Å². The lowest BCUT2D eigenvalue weighted by Crippen LogP contribution is -1.97. The average Bonchev–Trinajstić information content (AvgIpc) is 2.53. The first-order valence-corrected chi connectivity index (χ1v) is 7.04. The van der Waals surface area contributed by atoms with Crippen molar-refractivity contribution >= 4 is 21.9 Å². The summed E-state index contributed by atoms with van der Waals surface area (Å²) in [5.41, 5.74) is 3.44. The van der Waals surface area contributed by atoms with Crippen LogP contribution in [0.5, 0.6) is 0 Å². The molecule has 5 heteroatoms. The van der Waals surface area contributed by atoms with E-state index < -0.39 is 0 Å². The predicted molar refractivity (Wildman–Crippen MR) is 85.3 cm³/mol. The summed E-state index contributed by atoms with van der Waals surface area (Å²) in [6, 6.07) is 9.92. The van der Waals surface area contributed by atoms with E-state index in [1.165, 1.54) is 0 Å². The highest BCUT2D eigenvalue weighted by Crippen LogP contribution is 2.30. The third kappa shape index (κ3) is 1.98. The van der Waals surface area contributed by atoms with Crippen molar-refractivity contribution in [2.24, 2.45) is 0 Å². The molecule has 0 fully saturated rings. The summed E-state index contributed by atoms with van der Waals surface area (Å²) < 4.78 is 0. The lowest BCUT2D eigenvalue weighted by atomic mass is 10.0. The number of rotatable bonds is 1. The number of benzene rings is 1. The molecule has 0 bridgehead atoms. The van der Waals surface area contributed by atoms with Gasteiger partial charge in [-0.15, -0.1) is 0 Å². The van der Waals surface area contributed by atoms with Crippen molar-refractivity contribution in [1.82, 2.24) is 24.9 Å². The molecule has 0 amide bonds. The van der Waals surface area contributed by atoms with Gasteiger partial charge in [0.05, 0.1) is 11.2 Å². The highest BCUT2D eigenvalue weighted by molar-refractivity contribution is 6.00. The molecule has 0 aliphatic heterocycles. The highest BCUT2D eigenvalue weighted by Gasteiger charge is 2.12. The van der Waals surface area contributed by atoms with Crippen LogP contribution in [0.3, 0.4) is 0 Å². The van der Waals surface area contributed by atoms with Crippen LogP contribution in [-0.4, -0.2) is 24.9 Å². The van der Waals surface area contributed by atoms with Gasteiger partial charge < -0.3 is 0 Å². The number of hydrogen-bond donors (Lipinski definition) is 0. The summed E-state index contributed by atoms with van der Waals surface area (Å²) in [6.45, 7) is 3.77. The molecular formula is C17H13N5. The molecule has 0 aliphatic rings. The van der Waals surface area contributed by atoms with Crippen LogP contribution in [0.25, 0.3) is 33.2 Å². The minimum Gasteiger partial charge on any atom is -0.241 e. The topological polar surface area (TPSA) is 64.5 Å². The third-order valence-electron chi connectivity index (χ3n) is 3.57. The van der Waals surface area contributed by atoms with Crippen molar-refractivity contribution < 1.29 is 0 Å². The first-order chi connectivity index (χ1) is 10.7. The van der Waals surface area contributed by atoms with Crippen LogP contribution in [0.4, 0.5) is 0 Å². The zero-order valence-electron chi connectivity index (χ0n) is 12.3. The Morgan fingerprint density at radius 1 is 0.818 bits per heavy atom. The van der Waals surface area contributed by atoms with E-state index in [1.807, 2.05) is 50.4 Å². The Hall–Kier alpha value is -2.95. The summed E-state index contributed by atoms with van der Waals surface area (Å²) in [7, 11) is 0. The number of pyridine rings is 1. The molecule has 4 aromatic rings. The first-order valence-electron chi connectivity index (χ1n) is 7.04. The van der Waals surface area contributed by atoms with Crippen molar-refractivity contribution in [2.75, 3.05) is 0 Å². The van der Waals surface area contributed by atoms with Crippen LogP contribution in [0.15, 0.2) is 42.7 Å². The normalized spacial score (nSPS) is 11.2. The van der Waals surface area contributed by atoms with Crippen LogP contribution in [0, 0.1) is 13.8 Å². The van der Waals surface area contributed by atoms with E-state index in [2.05, 4.69) is 24.9 Å². The summed E-state index contributed by atoms with van der Waals surface area (Å²) in [4.78, 5) is 22.2. The largest absolute Gasteiger partial charge is 0.241 e. The monoisotopic (exact) mass is 287 g/mol. The average molecular weight is 287 g/mol. The molecular weight excluding hydrogens is 274 g/mol. The molecule has 0 unspecified atom stereocenters. The van der Waals surface area contributed by atoms with Crippen molar-refractivity contribution in [3.63, 3.8) is 0 Å². The molecule has 106 valence electrons. The Balaban J connectivity index is 2.14. The molecule has 3 heterocycles. The first kappa shape index (κ1) is 12.8. The Bertz CT molecular complexity index is 1010. The van der Waals surface area contributed by atoms with E-state index in [0.29, 0.717) is 11.5 Å². The molecule has 5 nitrogen and oxygen atoms in total. The standard InChI is InChI=1S/C17H13N5/c1-10-19-9-12-5-3-6-13(15(12)20-10)16-14-7-4-8-18-17(14)22-11(2)21-16/h3-9H,1-2H3. The van der Waals surface area contributed by atoms with Gasteiger partial charge in [0.1, 0.15) is 11.6 Å². The maximum Gasteiger partial charge on any atom is 0.163 e. The van der Waals surface area contributed by atoms with Crippen LogP contribution in [-0.2, 0) is 0 Å². The third-order valence-corrected chi connectivity index (χ3v) is 3.57. The number of hydrogen-bond acceptors (Lipinski definition) is 5. The van der Waals surface area contributed by atoms with E-state index in [1.54, 1.807) is 6.20 Å². The number of aromatic nitrogens is 5. The van der Waals surface area contributed by atoms with Crippen molar-refractivity contribution in [1.29, 1.82) is 0 Å². The number of para-hydroxylation sites is 1. The Labute approximate surface area is 127 Å². The van der Waals surface area contributed by atoms with Crippen LogP contribution >= 0.6 is 0 Å². The molecule has 3 aromatic heterocycles. The summed E-state index contributed by atoms with van der Waals surface area (Å²) in [6.07, 6.45) is 3.59. The van der Waals surface area contributed by atoms with Gasteiger partial charge >= 0.3 is 0 Å². The smallest absolute Gasteiger partial charge is 0.163 e. The van der Waals surface area contributed by atoms with Gasteiger partial charge in [0, 0.05) is 28.7 Å². The molecule has 0 saturated heterocycles. The van der Waals surface area contributed by atoms with E-state index in [4.69, 9.17) is 0 Å². The van der Waals surface area contributed by atoms with Crippen LogP contribution < -0.4 is 0 Å². The van der Waals surface area contributed by atoms with Crippen LogP contribution in [0.1, 0.15) is 11.6 Å². The highest BCUT2D eigenvalue weighted by atomic mass is 14.9. The summed E-state index contributed by atoms with van der Waals surface area (Å²) >= 11 is 0. The van der Waals surface area contributed by atoms with Crippen molar-refractivity contribution in [2.45, 2.75) is 13.8 Å². The lowest BCUT2D eigenvalue weighted by Gasteiger charge is -2.09. The predicted octanol–water partition coefficient (Wildman–Crippen LogP) is 3.25. The molecule has 0 aliphatic carbocycles. The number of fused-ring (bicyclic) bond motifs is 2. The van der Waals surface area contributed by atoms with Crippen LogP contribution in [0.2, 0.25) is 0 Å². The van der Waals surface area contributed by atoms with Crippen molar-refractivity contribution in [3.8, 4) is 11.3 Å². The van der Waals surface area contributed by atoms with Gasteiger partial charge in [-0.05, 0) is 26.0 Å². The maximum atomic E-state index is 4.64. The Morgan fingerprint density at radius 2 is 1.73 bits per heavy atom. The minimum atomic E-state index is 0.698. The minimum absolute atomic E-state index is 0.698. The summed E-state index contributed by atoms with van der Waals surface area (Å²) in [5, 5.41) is 1.92. The molecule has 22 heavy (non-hydrogen) atoms. The SMILES string of the molecule is Cc1nc(-c2cccc3cnc(C)nc23)c2cccnc2n1. The molecule has 0 spiro atoms. The van der Waals surface area contributed by atoms with Gasteiger partial charge in [0.25, 0.3) is 0 Å². The lowest BCUT2D eigenvalue weighted by molar-refractivity contribution is 1.07. The van der Waals surface area contributed by atoms with Gasteiger partial charge in [-0.25, -0.2) is 24.9 Å². The van der Waals surface area contributed by atoms with Crippen molar-refractivity contribution in [3.05, 3.63) is 54.4 Å². The van der Waals surface area contributed by atoms with Gasteiger partial charge in [-0.2, -0.15) is 0 Å². The molecule has 0 saturated carbocycles. The van der Waals surface area contributed by atoms with Gasteiger partial charge in [0.15, 0.2) is 5.65 Å². The second-order valence-electron chi connectivity index (χ2n) is 5.15.